The molecule has 0 bridgehead atoms. The summed E-state index contributed by atoms with van der Waals surface area (Å²) in [6.07, 6.45) is 5.65. The van der Waals surface area contributed by atoms with Crippen LogP contribution in [0.1, 0.15) is 38.3 Å². The molecule has 3 heterocycles. The molecular weight excluding hydrogens is 288 g/mol. The largest absolute Gasteiger partial charge is 0.333 e. The summed E-state index contributed by atoms with van der Waals surface area (Å²) < 4.78 is 0. The standard InChI is InChI=1S/C18H28N4O/c1-14(2)21-9-5-15(6-10-21)18(23)22-11-8-20-13-17(22)16-4-3-7-19-12-16/h3-4,7,12,14-15,17,20H,5-6,8-11,13H2,1-2H3. The zero-order valence-electron chi connectivity index (χ0n) is 14.2. The minimum absolute atomic E-state index is 0.119. The number of likely N-dealkylation sites (tertiary alicyclic amines) is 1. The van der Waals surface area contributed by atoms with Gasteiger partial charge in [0.05, 0.1) is 6.04 Å². The van der Waals surface area contributed by atoms with Gasteiger partial charge < -0.3 is 15.1 Å². The van der Waals surface area contributed by atoms with Crippen LogP contribution in [0.2, 0.25) is 0 Å². The van der Waals surface area contributed by atoms with E-state index in [1.807, 2.05) is 12.3 Å². The predicted molar refractivity (Wildman–Crippen MR) is 91.0 cm³/mol. The summed E-state index contributed by atoms with van der Waals surface area (Å²) in [5.41, 5.74) is 1.13. The van der Waals surface area contributed by atoms with Crippen molar-refractivity contribution in [2.75, 3.05) is 32.7 Å². The van der Waals surface area contributed by atoms with Crippen molar-refractivity contribution < 1.29 is 4.79 Å². The fraction of sp³-hybridized carbons (Fsp3) is 0.667. The van der Waals surface area contributed by atoms with Crippen LogP contribution in [0, 0.1) is 5.92 Å². The molecule has 126 valence electrons. The van der Waals surface area contributed by atoms with Crippen LogP contribution in [0.25, 0.3) is 0 Å². The SMILES string of the molecule is CC(C)N1CCC(C(=O)N2CCNCC2c2cccnc2)CC1. The lowest BCUT2D eigenvalue weighted by molar-refractivity contribution is -0.140. The highest BCUT2D eigenvalue weighted by molar-refractivity contribution is 5.79. The minimum atomic E-state index is 0.119. The maximum atomic E-state index is 13.1. The first-order valence-electron chi connectivity index (χ1n) is 8.82. The average molecular weight is 316 g/mol. The third-order valence-corrected chi connectivity index (χ3v) is 5.20. The van der Waals surface area contributed by atoms with E-state index in [9.17, 15) is 4.79 Å². The van der Waals surface area contributed by atoms with Crippen LogP contribution in [0.3, 0.4) is 0 Å². The van der Waals surface area contributed by atoms with Crippen LogP contribution in [-0.2, 0) is 4.79 Å². The van der Waals surface area contributed by atoms with Gasteiger partial charge in [-0.2, -0.15) is 0 Å². The van der Waals surface area contributed by atoms with Crippen molar-refractivity contribution >= 4 is 5.91 Å². The molecule has 2 fully saturated rings. The van der Waals surface area contributed by atoms with Gasteiger partial charge in [0.1, 0.15) is 0 Å². The van der Waals surface area contributed by atoms with Gasteiger partial charge in [-0.3, -0.25) is 9.78 Å². The normalized spacial score (nSPS) is 24.1. The van der Waals surface area contributed by atoms with E-state index in [4.69, 9.17) is 0 Å². The Kier molecular flexibility index (Phi) is 5.28. The van der Waals surface area contributed by atoms with Crippen LogP contribution in [0.5, 0.6) is 0 Å². The fourth-order valence-electron chi connectivity index (χ4n) is 3.74. The Labute approximate surface area is 139 Å². The van der Waals surface area contributed by atoms with Crippen LogP contribution in [0.15, 0.2) is 24.5 Å². The molecule has 0 aliphatic carbocycles. The highest BCUT2D eigenvalue weighted by Gasteiger charge is 2.34. The molecule has 1 amide bonds. The lowest BCUT2D eigenvalue weighted by atomic mass is 9.93. The summed E-state index contributed by atoms with van der Waals surface area (Å²) in [6, 6.07) is 4.72. The van der Waals surface area contributed by atoms with Gasteiger partial charge in [-0.1, -0.05) is 6.07 Å². The second-order valence-corrected chi connectivity index (χ2v) is 6.94. The van der Waals surface area contributed by atoms with Gasteiger partial charge in [0.25, 0.3) is 0 Å². The molecule has 1 unspecified atom stereocenters. The van der Waals surface area contributed by atoms with Crippen LogP contribution >= 0.6 is 0 Å². The third-order valence-electron chi connectivity index (χ3n) is 5.20. The van der Waals surface area contributed by atoms with Crippen molar-refractivity contribution in [3.63, 3.8) is 0 Å². The Hall–Kier alpha value is -1.46. The molecule has 1 aromatic heterocycles. The minimum Gasteiger partial charge on any atom is -0.333 e. The number of aromatic nitrogens is 1. The number of amides is 1. The highest BCUT2D eigenvalue weighted by atomic mass is 16.2. The molecule has 23 heavy (non-hydrogen) atoms. The molecular formula is C18H28N4O. The number of nitrogens with zero attached hydrogens (tertiary/aromatic N) is 3. The molecule has 0 saturated carbocycles. The number of piperidine rings is 1. The second-order valence-electron chi connectivity index (χ2n) is 6.94. The lowest BCUT2D eigenvalue weighted by Crippen LogP contribution is -2.52. The number of carbonyl (C=O) groups is 1. The molecule has 5 heteroatoms. The number of rotatable bonds is 3. The Balaban J connectivity index is 1.68. The number of pyridine rings is 1. The number of hydrogen-bond donors (Lipinski definition) is 1. The van der Waals surface area contributed by atoms with Crippen molar-refractivity contribution in [3.05, 3.63) is 30.1 Å². The summed E-state index contributed by atoms with van der Waals surface area (Å²) in [4.78, 5) is 21.9. The summed E-state index contributed by atoms with van der Waals surface area (Å²) in [6.45, 7) is 9.04. The molecule has 1 N–H and O–H groups in total. The van der Waals surface area contributed by atoms with E-state index in [0.717, 1.165) is 51.1 Å². The van der Waals surface area contributed by atoms with Gasteiger partial charge in [0, 0.05) is 44.0 Å². The predicted octanol–water partition coefficient (Wildman–Crippen LogP) is 1.67. The van der Waals surface area contributed by atoms with E-state index in [1.54, 1.807) is 6.20 Å². The number of carbonyl (C=O) groups excluding carboxylic acids is 1. The smallest absolute Gasteiger partial charge is 0.226 e. The first kappa shape index (κ1) is 16.4. The number of nitrogens with one attached hydrogen (secondary N) is 1. The van der Waals surface area contributed by atoms with E-state index in [0.29, 0.717) is 11.9 Å². The molecule has 2 aliphatic rings. The van der Waals surface area contributed by atoms with E-state index < -0.39 is 0 Å². The van der Waals surface area contributed by atoms with E-state index >= 15 is 0 Å². The van der Waals surface area contributed by atoms with Gasteiger partial charge in [0.2, 0.25) is 5.91 Å². The quantitative estimate of drug-likeness (QED) is 0.922. The monoisotopic (exact) mass is 316 g/mol. The summed E-state index contributed by atoms with van der Waals surface area (Å²) in [5, 5.41) is 3.41. The van der Waals surface area contributed by atoms with Gasteiger partial charge in [-0.25, -0.2) is 0 Å². The molecule has 1 aromatic rings. The van der Waals surface area contributed by atoms with Gasteiger partial charge in [-0.15, -0.1) is 0 Å². The maximum Gasteiger partial charge on any atom is 0.226 e. The molecule has 2 aliphatic heterocycles. The first-order valence-corrected chi connectivity index (χ1v) is 8.82. The molecule has 2 saturated heterocycles. The zero-order chi connectivity index (χ0) is 16.2. The second kappa shape index (κ2) is 7.41. The van der Waals surface area contributed by atoms with Crippen LogP contribution < -0.4 is 5.32 Å². The van der Waals surface area contributed by atoms with Gasteiger partial charge in [-0.05, 0) is 51.4 Å². The molecule has 1 atom stereocenters. The number of hydrogen-bond acceptors (Lipinski definition) is 4. The Morgan fingerprint density at radius 2 is 2.09 bits per heavy atom. The Bertz CT molecular complexity index is 511. The molecule has 5 nitrogen and oxygen atoms in total. The van der Waals surface area contributed by atoms with Crippen LogP contribution in [0.4, 0.5) is 0 Å². The fourth-order valence-corrected chi connectivity index (χ4v) is 3.74. The van der Waals surface area contributed by atoms with E-state index in [-0.39, 0.29) is 12.0 Å². The van der Waals surface area contributed by atoms with Crippen molar-refractivity contribution in [2.24, 2.45) is 5.92 Å². The lowest BCUT2D eigenvalue weighted by Gasteiger charge is -2.41. The number of piperazine rings is 1. The van der Waals surface area contributed by atoms with Crippen molar-refractivity contribution in [1.29, 1.82) is 0 Å². The van der Waals surface area contributed by atoms with Crippen molar-refractivity contribution in [3.8, 4) is 0 Å². The summed E-state index contributed by atoms with van der Waals surface area (Å²) in [7, 11) is 0. The maximum absolute atomic E-state index is 13.1. The van der Waals surface area contributed by atoms with Crippen LogP contribution in [-0.4, -0.2) is 59.5 Å². The third kappa shape index (κ3) is 3.72. The average Bonchev–Trinajstić information content (AvgIpc) is 2.62. The van der Waals surface area contributed by atoms with Crippen molar-refractivity contribution in [1.82, 2.24) is 20.1 Å². The Morgan fingerprint density at radius 1 is 1.30 bits per heavy atom. The van der Waals surface area contributed by atoms with Gasteiger partial charge in [0.15, 0.2) is 0 Å². The molecule has 0 aromatic carbocycles. The first-order chi connectivity index (χ1) is 11.2. The summed E-state index contributed by atoms with van der Waals surface area (Å²) in [5.74, 6) is 0.519. The Morgan fingerprint density at radius 3 is 2.74 bits per heavy atom. The van der Waals surface area contributed by atoms with Gasteiger partial charge >= 0.3 is 0 Å². The van der Waals surface area contributed by atoms with E-state index in [2.05, 4.69) is 40.0 Å². The molecule has 0 spiro atoms. The zero-order valence-corrected chi connectivity index (χ0v) is 14.2. The highest BCUT2D eigenvalue weighted by Crippen LogP contribution is 2.27. The molecule has 3 rings (SSSR count). The summed E-state index contributed by atoms with van der Waals surface area (Å²) >= 11 is 0. The molecule has 0 radical (unpaired) electrons. The van der Waals surface area contributed by atoms with Crippen molar-refractivity contribution in [2.45, 2.75) is 38.8 Å². The topological polar surface area (TPSA) is 48.5 Å². The van der Waals surface area contributed by atoms with E-state index in [1.165, 1.54) is 0 Å².